The van der Waals surface area contributed by atoms with E-state index < -0.39 is 23.4 Å². The Bertz CT molecular complexity index is 1270. The third kappa shape index (κ3) is 9.45. The van der Waals surface area contributed by atoms with Gasteiger partial charge in [0.05, 0.1) is 5.56 Å². The van der Waals surface area contributed by atoms with Gasteiger partial charge in [-0.2, -0.15) is 13.2 Å². The Labute approximate surface area is 223 Å². The summed E-state index contributed by atoms with van der Waals surface area (Å²) in [6, 6.07) is 10.9. The molecule has 2 amide bonds. The minimum Gasteiger partial charge on any atom is -0.461 e. The van der Waals surface area contributed by atoms with Crippen LogP contribution in [0.4, 0.5) is 35.2 Å². The molecule has 208 valence electrons. The summed E-state index contributed by atoms with van der Waals surface area (Å²) in [4.78, 5) is 31.0. The average Bonchev–Trinajstić information content (AvgIpc) is 2.86. The zero-order chi connectivity index (χ0) is 28.5. The number of amides is 2. The molecule has 39 heavy (non-hydrogen) atoms. The molecule has 0 unspecified atom stereocenters. The second kappa shape index (κ2) is 12.9. The van der Waals surface area contributed by atoms with Crippen molar-refractivity contribution in [2.24, 2.45) is 0 Å². The number of carbonyl (C=O) groups excluding carboxylic acids is 2. The first-order chi connectivity index (χ1) is 18.4. The van der Waals surface area contributed by atoms with Crippen molar-refractivity contribution in [3.05, 3.63) is 66.0 Å². The number of rotatable bonds is 12. The fourth-order valence-corrected chi connectivity index (χ4v) is 3.36. The standard InChI is InChI=1S/C26H29F3N6O4/c1-17-4-5-19(12-21(17)26(27,28)29)35-24(37)34-18-6-8-20(9-7-18)39-23-13-22(32-15-33-23)31-11-10-30-14-25(2,3)38-16-36/h4-9,12-13,15-16,30H,10-11,14H2,1-3H3,(H,31,32,33)(H2,34,35,37). The van der Waals surface area contributed by atoms with Gasteiger partial charge >= 0.3 is 12.2 Å². The third-order valence-corrected chi connectivity index (χ3v) is 5.30. The van der Waals surface area contributed by atoms with E-state index in [2.05, 4.69) is 31.2 Å². The number of hydrogen-bond acceptors (Lipinski definition) is 8. The molecule has 13 heteroatoms. The predicted molar refractivity (Wildman–Crippen MR) is 140 cm³/mol. The van der Waals surface area contributed by atoms with Crippen LogP contribution in [0.3, 0.4) is 0 Å². The lowest BCUT2D eigenvalue weighted by Gasteiger charge is -2.22. The van der Waals surface area contributed by atoms with Crippen molar-refractivity contribution in [3.8, 4) is 11.6 Å². The SMILES string of the molecule is Cc1ccc(NC(=O)Nc2ccc(Oc3cc(NCCNCC(C)(C)OC=O)ncn3)cc2)cc1C(F)(F)F. The maximum absolute atomic E-state index is 13.1. The number of aromatic nitrogens is 2. The molecule has 4 N–H and O–H groups in total. The molecule has 0 aliphatic carbocycles. The van der Waals surface area contributed by atoms with Crippen molar-refractivity contribution in [3.63, 3.8) is 0 Å². The number of urea groups is 1. The average molecular weight is 547 g/mol. The van der Waals surface area contributed by atoms with E-state index in [0.29, 0.717) is 49.2 Å². The molecule has 0 aliphatic heterocycles. The number of ether oxygens (including phenoxy) is 2. The lowest BCUT2D eigenvalue weighted by molar-refractivity contribution is -0.140. The minimum atomic E-state index is -4.52. The molecule has 10 nitrogen and oxygen atoms in total. The smallest absolute Gasteiger partial charge is 0.416 e. The minimum absolute atomic E-state index is 0.0186. The largest absolute Gasteiger partial charge is 0.461 e. The van der Waals surface area contributed by atoms with E-state index in [4.69, 9.17) is 9.47 Å². The van der Waals surface area contributed by atoms with E-state index in [9.17, 15) is 22.8 Å². The summed E-state index contributed by atoms with van der Waals surface area (Å²) in [7, 11) is 0. The summed E-state index contributed by atoms with van der Waals surface area (Å²) in [5.41, 5.74) is -0.928. The first kappa shape index (κ1) is 29.2. The van der Waals surface area contributed by atoms with E-state index in [-0.39, 0.29) is 11.3 Å². The molecule has 0 radical (unpaired) electrons. The zero-order valence-electron chi connectivity index (χ0n) is 21.6. The highest BCUT2D eigenvalue weighted by atomic mass is 19.4. The molecule has 0 bridgehead atoms. The first-order valence-electron chi connectivity index (χ1n) is 11.9. The fraction of sp³-hybridized carbons (Fsp3) is 0.308. The molecule has 2 aromatic carbocycles. The number of nitrogens with one attached hydrogen (secondary N) is 4. The highest BCUT2D eigenvalue weighted by Gasteiger charge is 2.32. The number of aryl methyl sites for hydroxylation is 1. The van der Waals surface area contributed by atoms with Gasteiger partial charge in [-0.25, -0.2) is 14.8 Å². The number of anilines is 3. The van der Waals surface area contributed by atoms with Gasteiger partial charge in [-0.05, 0) is 62.7 Å². The molecule has 0 saturated heterocycles. The molecule has 0 aliphatic rings. The van der Waals surface area contributed by atoms with Crippen molar-refractivity contribution in [1.82, 2.24) is 15.3 Å². The Kier molecular flexibility index (Phi) is 9.66. The highest BCUT2D eigenvalue weighted by molar-refractivity contribution is 5.99. The van der Waals surface area contributed by atoms with Crippen LogP contribution >= 0.6 is 0 Å². The lowest BCUT2D eigenvalue weighted by Crippen LogP contribution is -2.39. The van der Waals surface area contributed by atoms with Crippen LogP contribution in [0, 0.1) is 6.92 Å². The quantitative estimate of drug-likeness (QED) is 0.181. The molecule has 0 saturated carbocycles. The summed E-state index contributed by atoms with van der Waals surface area (Å²) in [5, 5.41) is 11.3. The zero-order valence-corrected chi connectivity index (χ0v) is 21.6. The van der Waals surface area contributed by atoms with Crippen LogP contribution in [0.2, 0.25) is 0 Å². The second-order valence-electron chi connectivity index (χ2n) is 9.05. The molecule has 1 heterocycles. The van der Waals surface area contributed by atoms with Crippen LogP contribution in [0.15, 0.2) is 54.9 Å². The van der Waals surface area contributed by atoms with Crippen molar-refractivity contribution in [1.29, 1.82) is 0 Å². The molecule has 3 rings (SSSR count). The number of hydrogen-bond donors (Lipinski definition) is 4. The number of alkyl halides is 3. The highest BCUT2D eigenvalue weighted by Crippen LogP contribution is 2.33. The molecular weight excluding hydrogens is 517 g/mol. The molecule has 1 aromatic heterocycles. The Morgan fingerprint density at radius 3 is 2.36 bits per heavy atom. The van der Waals surface area contributed by atoms with Crippen LogP contribution in [0.25, 0.3) is 0 Å². The van der Waals surface area contributed by atoms with Gasteiger partial charge in [0.15, 0.2) is 0 Å². The van der Waals surface area contributed by atoms with Crippen molar-refractivity contribution in [2.45, 2.75) is 32.5 Å². The Morgan fingerprint density at radius 2 is 1.67 bits per heavy atom. The number of carbonyl (C=O) groups is 2. The van der Waals surface area contributed by atoms with E-state index >= 15 is 0 Å². The van der Waals surface area contributed by atoms with E-state index in [1.807, 2.05) is 0 Å². The normalized spacial score (nSPS) is 11.4. The summed E-state index contributed by atoms with van der Waals surface area (Å²) < 4.78 is 50.0. The van der Waals surface area contributed by atoms with Gasteiger partial charge in [-0.15, -0.1) is 0 Å². The topological polar surface area (TPSA) is 126 Å². The predicted octanol–water partition coefficient (Wildman–Crippen LogP) is 5.19. The molecule has 0 spiro atoms. The van der Waals surface area contributed by atoms with Gasteiger partial charge in [-0.3, -0.25) is 4.79 Å². The Hall–Kier alpha value is -4.39. The van der Waals surface area contributed by atoms with E-state index in [0.717, 1.165) is 6.07 Å². The number of halogens is 3. The van der Waals surface area contributed by atoms with Gasteiger partial charge in [-0.1, -0.05) is 6.07 Å². The Balaban J connectivity index is 1.48. The van der Waals surface area contributed by atoms with E-state index in [1.54, 1.807) is 44.2 Å². The van der Waals surface area contributed by atoms with Crippen molar-refractivity contribution >= 4 is 29.7 Å². The maximum Gasteiger partial charge on any atom is 0.416 e. The molecular formula is C26H29F3N6O4. The summed E-state index contributed by atoms with van der Waals surface area (Å²) >= 11 is 0. The monoisotopic (exact) mass is 546 g/mol. The number of nitrogens with zero attached hydrogens (tertiary/aromatic N) is 2. The van der Waals surface area contributed by atoms with Crippen LogP contribution in [-0.4, -0.2) is 47.7 Å². The van der Waals surface area contributed by atoms with Gasteiger partial charge in [0.2, 0.25) is 5.88 Å². The third-order valence-electron chi connectivity index (χ3n) is 5.30. The van der Waals surface area contributed by atoms with Crippen LogP contribution < -0.4 is 26.0 Å². The molecule has 0 atom stereocenters. The fourth-order valence-electron chi connectivity index (χ4n) is 3.36. The molecule has 0 fully saturated rings. The summed E-state index contributed by atoms with van der Waals surface area (Å²) in [6.07, 6.45) is -3.17. The van der Waals surface area contributed by atoms with Crippen LogP contribution in [0.1, 0.15) is 25.0 Å². The van der Waals surface area contributed by atoms with Gasteiger partial charge < -0.3 is 30.7 Å². The number of benzene rings is 2. The van der Waals surface area contributed by atoms with Gasteiger partial charge in [0, 0.05) is 37.1 Å². The van der Waals surface area contributed by atoms with Crippen molar-refractivity contribution in [2.75, 3.05) is 35.6 Å². The van der Waals surface area contributed by atoms with Crippen LogP contribution in [0.5, 0.6) is 11.6 Å². The first-order valence-corrected chi connectivity index (χ1v) is 11.9. The van der Waals surface area contributed by atoms with Crippen LogP contribution in [-0.2, 0) is 15.7 Å². The van der Waals surface area contributed by atoms with Crippen molar-refractivity contribution < 1.29 is 32.2 Å². The van der Waals surface area contributed by atoms with Gasteiger partial charge in [0.1, 0.15) is 23.5 Å². The Morgan fingerprint density at radius 1 is 0.974 bits per heavy atom. The van der Waals surface area contributed by atoms with Gasteiger partial charge in [0.25, 0.3) is 6.47 Å². The maximum atomic E-state index is 13.1. The lowest BCUT2D eigenvalue weighted by atomic mass is 10.1. The molecule has 3 aromatic rings. The van der Waals surface area contributed by atoms with E-state index in [1.165, 1.54) is 25.4 Å². The second-order valence-corrected chi connectivity index (χ2v) is 9.05. The summed E-state index contributed by atoms with van der Waals surface area (Å²) in [6.45, 7) is 7.02. The summed E-state index contributed by atoms with van der Waals surface area (Å²) in [5.74, 6) is 1.28.